The second-order valence-corrected chi connectivity index (χ2v) is 8.89. The number of benzene rings is 1. The van der Waals surface area contributed by atoms with Crippen molar-refractivity contribution in [3.63, 3.8) is 0 Å². The van der Waals surface area contributed by atoms with Crippen molar-refractivity contribution in [1.29, 1.82) is 0 Å². The number of thioether (sulfide) groups is 1. The maximum Gasteiger partial charge on any atom is 0.510 e. The lowest BCUT2D eigenvalue weighted by Crippen LogP contribution is -2.29. The third kappa shape index (κ3) is 7.98. The van der Waals surface area contributed by atoms with E-state index < -0.39 is 31.3 Å². The predicted molar refractivity (Wildman–Crippen MR) is 130 cm³/mol. The van der Waals surface area contributed by atoms with E-state index in [1.54, 1.807) is 18.4 Å². The molecule has 0 fully saturated rings. The highest BCUT2D eigenvalue weighted by Crippen LogP contribution is 2.32. The smallest absolute Gasteiger partial charge is 0.484 e. The fraction of sp³-hybridized carbons (Fsp3) is 0.458. The van der Waals surface area contributed by atoms with Crippen LogP contribution in [0, 0.1) is 6.92 Å². The standard InChI is InChI=1S/C24H28F3N3O6S/c1-15-19(28-10-9-21(15)34-14-24(25,26)27)13-37-22-29-18-7-5-6-8-20(18)30(22)16(2)35-23(31)36-17(11-32-3)12-33-4/h5-10,16-17H,11-14H2,1-4H3. The molecular weight excluding hydrogens is 515 g/mol. The van der Waals surface area contributed by atoms with E-state index in [0.717, 1.165) is 5.52 Å². The molecule has 1 unspecified atom stereocenters. The number of para-hydroxylation sites is 2. The van der Waals surface area contributed by atoms with Crippen molar-refractivity contribution in [3.05, 3.63) is 47.8 Å². The zero-order valence-corrected chi connectivity index (χ0v) is 21.6. The molecule has 0 bridgehead atoms. The lowest BCUT2D eigenvalue weighted by atomic mass is 10.2. The summed E-state index contributed by atoms with van der Waals surface area (Å²) in [5.41, 5.74) is 2.44. The minimum atomic E-state index is -4.44. The zero-order chi connectivity index (χ0) is 27.0. The van der Waals surface area contributed by atoms with Crippen LogP contribution in [0.15, 0.2) is 41.7 Å². The predicted octanol–water partition coefficient (Wildman–Crippen LogP) is 5.31. The summed E-state index contributed by atoms with van der Waals surface area (Å²) in [7, 11) is 2.96. The number of carbonyl (C=O) groups excluding carboxylic acids is 1. The van der Waals surface area contributed by atoms with Crippen LogP contribution in [-0.2, 0) is 24.7 Å². The van der Waals surface area contributed by atoms with Gasteiger partial charge in [0.1, 0.15) is 5.75 Å². The molecule has 0 N–H and O–H groups in total. The van der Waals surface area contributed by atoms with Crippen molar-refractivity contribution < 1.29 is 41.7 Å². The van der Waals surface area contributed by atoms with E-state index in [1.165, 1.54) is 38.2 Å². The molecule has 3 rings (SSSR count). The summed E-state index contributed by atoms with van der Waals surface area (Å²) in [4.78, 5) is 21.4. The summed E-state index contributed by atoms with van der Waals surface area (Å²) in [6.45, 7) is 2.22. The van der Waals surface area contributed by atoms with Crippen LogP contribution in [0.4, 0.5) is 18.0 Å². The van der Waals surface area contributed by atoms with Crippen molar-refractivity contribution in [3.8, 4) is 5.75 Å². The van der Waals surface area contributed by atoms with E-state index in [2.05, 4.69) is 9.97 Å². The van der Waals surface area contributed by atoms with Gasteiger partial charge in [-0.3, -0.25) is 9.55 Å². The Morgan fingerprint density at radius 3 is 2.49 bits per heavy atom. The van der Waals surface area contributed by atoms with Gasteiger partial charge in [0.05, 0.1) is 29.9 Å². The zero-order valence-electron chi connectivity index (χ0n) is 20.8. The molecule has 202 valence electrons. The molecule has 0 aliphatic heterocycles. The largest absolute Gasteiger partial charge is 0.510 e. The molecule has 0 radical (unpaired) electrons. The van der Waals surface area contributed by atoms with Crippen molar-refractivity contribution >= 4 is 29.0 Å². The Morgan fingerprint density at radius 2 is 1.81 bits per heavy atom. The summed E-state index contributed by atoms with van der Waals surface area (Å²) in [6, 6.07) is 8.72. The molecule has 3 aromatic rings. The fourth-order valence-electron chi connectivity index (χ4n) is 3.47. The number of hydrogen-bond donors (Lipinski definition) is 0. The number of rotatable bonds is 12. The quantitative estimate of drug-likeness (QED) is 0.223. The lowest BCUT2D eigenvalue weighted by molar-refractivity contribution is -0.153. The van der Waals surface area contributed by atoms with Crippen LogP contribution in [0.25, 0.3) is 11.0 Å². The van der Waals surface area contributed by atoms with Crippen LogP contribution in [-0.4, -0.2) is 67.0 Å². The van der Waals surface area contributed by atoms with Crippen molar-refractivity contribution in [1.82, 2.24) is 14.5 Å². The van der Waals surface area contributed by atoms with E-state index in [4.69, 9.17) is 23.7 Å². The Hall–Kier alpha value is -3.03. The molecule has 0 aliphatic carbocycles. The second kappa shape index (κ2) is 13.0. The van der Waals surface area contributed by atoms with E-state index >= 15 is 0 Å². The molecule has 0 amide bonds. The highest BCUT2D eigenvalue weighted by molar-refractivity contribution is 7.98. The van der Waals surface area contributed by atoms with Crippen molar-refractivity contribution in [2.75, 3.05) is 34.0 Å². The molecule has 2 aromatic heterocycles. The van der Waals surface area contributed by atoms with Gasteiger partial charge >= 0.3 is 12.3 Å². The molecule has 0 saturated heterocycles. The second-order valence-electron chi connectivity index (χ2n) is 7.94. The van der Waals surface area contributed by atoms with E-state index in [0.29, 0.717) is 27.7 Å². The summed E-state index contributed by atoms with van der Waals surface area (Å²) in [5, 5.41) is 0.523. The lowest BCUT2D eigenvalue weighted by Gasteiger charge is -2.20. The first-order chi connectivity index (χ1) is 17.6. The molecule has 13 heteroatoms. The number of imidazole rings is 1. The number of methoxy groups -OCH3 is 2. The van der Waals surface area contributed by atoms with Gasteiger partial charge in [0.15, 0.2) is 24.1 Å². The highest BCUT2D eigenvalue weighted by Gasteiger charge is 2.29. The third-order valence-corrected chi connectivity index (χ3v) is 6.11. The average molecular weight is 544 g/mol. The maximum absolute atomic E-state index is 12.6. The van der Waals surface area contributed by atoms with Gasteiger partial charge in [-0.25, -0.2) is 9.78 Å². The number of ether oxygens (including phenoxy) is 5. The summed E-state index contributed by atoms with van der Waals surface area (Å²) < 4.78 is 65.3. The van der Waals surface area contributed by atoms with Crippen molar-refractivity contribution in [2.45, 2.75) is 43.3 Å². The van der Waals surface area contributed by atoms with Crippen molar-refractivity contribution in [2.24, 2.45) is 0 Å². The molecule has 1 aromatic carbocycles. The van der Waals surface area contributed by atoms with Crippen LogP contribution in [0.2, 0.25) is 0 Å². The van der Waals surface area contributed by atoms with Gasteiger partial charge in [-0.1, -0.05) is 23.9 Å². The number of carbonyl (C=O) groups is 1. The normalized spacial score (nSPS) is 12.6. The van der Waals surface area contributed by atoms with Crippen LogP contribution in [0.5, 0.6) is 5.75 Å². The summed E-state index contributed by atoms with van der Waals surface area (Å²) in [5.74, 6) is 0.400. The number of fused-ring (bicyclic) bond motifs is 1. The minimum absolute atomic E-state index is 0.109. The summed E-state index contributed by atoms with van der Waals surface area (Å²) in [6.07, 6.45) is -5.37. The van der Waals surface area contributed by atoms with Crippen LogP contribution >= 0.6 is 11.8 Å². The average Bonchev–Trinajstić information content (AvgIpc) is 3.21. The molecule has 1 atom stereocenters. The monoisotopic (exact) mass is 543 g/mol. The fourth-order valence-corrected chi connectivity index (χ4v) is 4.58. The Morgan fingerprint density at radius 1 is 1.11 bits per heavy atom. The molecule has 0 aliphatic rings. The van der Waals surface area contributed by atoms with Gasteiger partial charge in [-0.15, -0.1) is 0 Å². The van der Waals surface area contributed by atoms with Crippen LogP contribution in [0.1, 0.15) is 24.4 Å². The number of nitrogens with zero attached hydrogens (tertiary/aromatic N) is 3. The first-order valence-corrected chi connectivity index (χ1v) is 12.2. The van der Waals surface area contributed by atoms with Gasteiger partial charge < -0.3 is 23.7 Å². The van der Waals surface area contributed by atoms with Gasteiger partial charge in [0.2, 0.25) is 0 Å². The minimum Gasteiger partial charge on any atom is -0.484 e. The molecule has 9 nitrogen and oxygen atoms in total. The molecule has 0 saturated carbocycles. The van der Waals surface area contributed by atoms with E-state index in [9.17, 15) is 18.0 Å². The SMILES string of the molecule is COCC(COC)OC(=O)OC(C)n1c(SCc2nccc(OCC(F)(F)F)c2C)nc2ccccc21. The van der Waals surface area contributed by atoms with E-state index in [-0.39, 0.29) is 19.0 Å². The van der Waals surface area contributed by atoms with Gasteiger partial charge in [-0.2, -0.15) is 13.2 Å². The topological polar surface area (TPSA) is 93.9 Å². The number of alkyl halides is 3. The maximum atomic E-state index is 12.6. The summed E-state index contributed by atoms with van der Waals surface area (Å²) >= 11 is 1.30. The van der Waals surface area contributed by atoms with Gasteiger partial charge in [0.25, 0.3) is 0 Å². The van der Waals surface area contributed by atoms with Gasteiger partial charge in [0, 0.05) is 31.7 Å². The number of halogens is 3. The third-order valence-electron chi connectivity index (χ3n) is 5.15. The molecule has 37 heavy (non-hydrogen) atoms. The molecular formula is C24H28F3N3O6S. The number of aromatic nitrogens is 3. The highest BCUT2D eigenvalue weighted by atomic mass is 32.2. The van der Waals surface area contributed by atoms with Crippen LogP contribution < -0.4 is 4.74 Å². The number of pyridine rings is 1. The Kier molecular flexibility index (Phi) is 10.0. The first-order valence-electron chi connectivity index (χ1n) is 11.2. The van der Waals surface area contributed by atoms with Crippen LogP contribution in [0.3, 0.4) is 0 Å². The Balaban J connectivity index is 1.78. The van der Waals surface area contributed by atoms with E-state index in [1.807, 2.05) is 24.3 Å². The Bertz CT molecular complexity index is 1180. The number of hydrogen-bond acceptors (Lipinski definition) is 9. The Labute approximate surface area is 216 Å². The molecule has 0 spiro atoms. The molecule has 2 heterocycles. The first kappa shape index (κ1) is 28.5. The van der Waals surface area contributed by atoms with Gasteiger partial charge in [-0.05, 0) is 32.0 Å².